The predicted octanol–water partition coefficient (Wildman–Crippen LogP) is 3.00. The third-order valence-electron chi connectivity index (χ3n) is 5.31. The Labute approximate surface area is 159 Å². The molecule has 0 bridgehead atoms. The minimum Gasteiger partial charge on any atom is -0.381 e. The molecule has 0 aromatic carbocycles. The topological polar surface area (TPSA) is 80.5 Å². The van der Waals surface area contributed by atoms with Gasteiger partial charge in [0, 0.05) is 31.7 Å². The second-order valence-electron chi connectivity index (χ2n) is 7.46. The normalized spacial score (nSPS) is 17.6. The molecule has 1 fully saturated rings. The highest BCUT2D eigenvalue weighted by Crippen LogP contribution is 2.31. The first-order valence-corrected chi connectivity index (χ1v) is 9.66. The maximum Gasteiger partial charge on any atom is 0.228 e. The fourth-order valence-corrected chi connectivity index (χ4v) is 3.80. The van der Waals surface area contributed by atoms with Crippen LogP contribution >= 0.6 is 0 Å². The molecule has 7 nitrogen and oxygen atoms in total. The van der Waals surface area contributed by atoms with Crippen LogP contribution in [0.1, 0.15) is 42.0 Å². The van der Waals surface area contributed by atoms with Crippen LogP contribution in [0.2, 0.25) is 0 Å². The van der Waals surface area contributed by atoms with Gasteiger partial charge in [0.25, 0.3) is 0 Å². The summed E-state index contributed by atoms with van der Waals surface area (Å²) in [4.78, 5) is 19.6. The van der Waals surface area contributed by atoms with Gasteiger partial charge in [-0.25, -0.2) is 4.98 Å². The second-order valence-corrected chi connectivity index (χ2v) is 7.46. The van der Waals surface area contributed by atoms with E-state index in [2.05, 4.69) is 21.4 Å². The number of aromatic nitrogens is 2. The summed E-state index contributed by atoms with van der Waals surface area (Å²) in [6.07, 6.45) is 3.51. The molecule has 0 atom stereocenters. The summed E-state index contributed by atoms with van der Waals surface area (Å²) < 4.78 is 10.7. The van der Waals surface area contributed by atoms with E-state index in [0.717, 1.165) is 60.6 Å². The number of carbonyl (C=O) groups excluding carboxylic acids is 1. The van der Waals surface area contributed by atoms with E-state index in [-0.39, 0.29) is 11.8 Å². The Kier molecular flexibility index (Phi) is 5.11. The average Bonchev–Trinajstić information content (AvgIpc) is 3.08. The summed E-state index contributed by atoms with van der Waals surface area (Å²) in [5, 5.41) is 7.02. The number of rotatable bonds is 4. The van der Waals surface area contributed by atoms with Gasteiger partial charge in [0.15, 0.2) is 5.76 Å². The number of aryl methyl sites for hydroxylation is 3. The molecule has 1 amide bonds. The lowest BCUT2D eigenvalue weighted by Gasteiger charge is -2.31. The lowest BCUT2D eigenvalue weighted by Crippen LogP contribution is -2.31. The lowest BCUT2D eigenvalue weighted by molar-refractivity contribution is -0.122. The van der Waals surface area contributed by atoms with Crippen LogP contribution in [-0.4, -0.2) is 35.8 Å². The molecular weight excluding hydrogens is 344 g/mol. The van der Waals surface area contributed by atoms with Gasteiger partial charge in [0.2, 0.25) is 5.91 Å². The van der Waals surface area contributed by atoms with Crippen LogP contribution in [0.5, 0.6) is 0 Å². The van der Waals surface area contributed by atoms with E-state index in [1.807, 2.05) is 19.9 Å². The van der Waals surface area contributed by atoms with E-state index in [0.29, 0.717) is 25.6 Å². The van der Waals surface area contributed by atoms with Crippen molar-refractivity contribution >= 4 is 17.4 Å². The Morgan fingerprint density at radius 3 is 2.85 bits per heavy atom. The van der Waals surface area contributed by atoms with Crippen molar-refractivity contribution in [2.75, 3.05) is 30.0 Å². The van der Waals surface area contributed by atoms with Crippen molar-refractivity contribution < 1.29 is 14.1 Å². The molecule has 4 rings (SSSR count). The number of hydrogen-bond donors (Lipinski definition) is 1. The van der Waals surface area contributed by atoms with E-state index in [4.69, 9.17) is 14.2 Å². The van der Waals surface area contributed by atoms with Gasteiger partial charge in [-0.15, -0.1) is 0 Å². The molecule has 0 spiro atoms. The molecule has 1 saturated heterocycles. The van der Waals surface area contributed by atoms with E-state index in [1.165, 1.54) is 0 Å². The minimum atomic E-state index is 0.0159. The first-order chi connectivity index (χ1) is 13.1. The molecule has 4 heterocycles. The number of carbonyl (C=O) groups is 1. The Morgan fingerprint density at radius 1 is 1.30 bits per heavy atom. The van der Waals surface area contributed by atoms with Gasteiger partial charge in [-0.05, 0) is 51.2 Å². The Hall–Kier alpha value is -2.41. The summed E-state index contributed by atoms with van der Waals surface area (Å²) >= 11 is 0. The zero-order valence-corrected chi connectivity index (χ0v) is 16.0. The van der Waals surface area contributed by atoms with Crippen molar-refractivity contribution in [1.29, 1.82) is 0 Å². The highest BCUT2D eigenvalue weighted by molar-refractivity contribution is 5.92. The van der Waals surface area contributed by atoms with Gasteiger partial charge >= 0.3 is 0 Å². The average molecular weight is 370 g/mol. The first-order valence-electron chi connectivity index (χ1n) is 9.66. The number of nitrogens with one attached hydrogen (secondary N) is 1. The number of amides is 1. The molecule has 0 unspecified atom stereocenters. The largest absolute Gasteiger partial charge is 0.381 e. The second kappa shape index (κ2) is 7.68. The van der Waals surface area contributed by atoms with Crippen molar-refractivity contribution in [1.82, 2.24) is 10.1 Å². The van der Waals surface area contributed by atoms with E-state index < -0.39 is 0 Å². The van der Waals surface area contributed by atoms with E-state index >= 15 is 0 Å². The number of pyridine rings is 1. The smallest absolute Gasteiger partial charge is 0.228 e. The van der Waals surface area contributed by atoms with Crippen LogP contribution in [0, 0.1) is 19.8 Å². The molecule has 2 aromatic heterocycles. The van der Waals surface area contributed by atoms with Crippen LogP contribution in [-0.2, 0) is 22.5 Å². The van der Waals surface area contributed by atoms with E-state index in [1.54, 1.807) is 0 Å². The molecule has 144 valence electrons. The van der Waals surface area contributed by atoms with Crippen LogP contribution in [0.15, 0.2) is 16.7 Å². The summed E-state index contributed by atoms with van der Waals surface area (Å²) in [7, 11) is 0. The molecule has 0 saturated carbocycles. The minimum absolute atomic E-state index is 0.0159. The van der Waals surface area contributed by atoms with Crippen molar-refractivity contribution in [2.45, 2.75) is 46.1 Å². The van der Waals surface area contributed by atoms with Crippen molar-refractivity contribution in [3.63, 3.8) is 0 Å². The molecule has 2 aliphatic rings. The number of anilines is 2. The molecular formula is C20H26N4O3. The van der Waals surface area contributed by atoms with Gasteiger partial charge in [-0.1, -0.05) is 5.16 Å². The molecule has 0 radical (unpaired) electrons. The zero-order valence-electron chi connectivity index (χ0n) is 16.0. The van der Waals surface area contributed by atoms with Gasteiger partial charge in [0.1, 0.15) is 5.82 Å². The number of hydrogen-bond acceptors (Lipinski definition) is 6. The summed E-state index contributed by atoms with van der Waals surface area (Å²) in [5.41, 5.74) is 4.03. The number of ether oxygens (including phenoxy) is 1. The van der Waals surface area contributed by atoms with Gasteiger partial charge in [-0.2, -0.15) is 0 Å². The first kappa shape index (κ1) is 18.0. The zero-order chi connectivity index (χ0) is 18.8. The van der Waals surface area contributed by atoms with Crippen LogP contribution in [0.3, 0.4) is 0 Å². The summed E-state index contributed by atoms with van der Waals surface area (Å²) in [6, 6.07) is 4.10. The van der Waals surface area contributed by atoms with Gasteiger partial charge in [0.05, 0.1) is 23.6 Å². The Bertz CT molecular complexity index is 827. The molecule has 27 heavy (non-hydrogen) atoms. The van der Waals surface area contributed by atoms with E-state index in [9.17, 15) is 4.79 Å². The SMILES string of the molecule is Cc1cc(CN2CCCc3nc(NC(=O)C4CCOCC4)c(C)cc32)on1. The molecule has 7 heteroatoms. The third kappa shape index (κ3) is 3.98. The van der Waals surface area contributed by atoms with Gasteiger partial charge in [-0.3, -0.25) is 4.79 Å². The predicted molar refractivity (Wildman–Crippen MR) is 102 cm³/mol. The molecule has 1 N–H and O–H groups in total. The summed E-state index contributed by atoms with van der Waals surface area (Å²) in [5.74, 6) is 1.61. The third-order valence-corrected chi connectivity index (χ3v) is 5.31. The lowest BCUT2D eigenvalue weighted by atomic mass is 9.99. The fraction of sp³-hybridized carbons (Fsp3) is 0.550. The maximum atomic E-state index is 12.6. The maximum absolute atomic E-state index is 12.6. The monoisotopic (exact) mass is 370 g/mol. The standard InChI is InChI=1S/C20H26N4O3/c1-13-10-18-17(4-3-7-24(18)12-16-11-14(2)23-27-16)21-19(13)22-20(25)15-5-8-26-9-6-15/h10-11,15H,3-9,12H2,1-2H3,(H,21,22,25). The van der Waals surface area contributed by atoms with Crippen LogP contribution in [0.4, 0.5) is 11.5 Å². The highest BCUT2D eigenvalue weighted by atomic mass is 16.5. The molecule has 2 aromatic rings. The summed E-state index contributed by atoms with van der Waals surface area (Å²) in [6.45, 7) is 6.88. The number of nitrogens with zero attached hydrogens (tertiary/aromatic N) is 3. The van der Waals surface area contributed by atoms with Gasteiger partial charge < -0.3 is 19.5 Å². The van der Waals surface area contributed by atoms with Crippen molar-refractivity contribution in [3.05, 3.63) is 34.8 Å². The Morgan fingerprint density at radius 2 is 2.11 bits per heavy atom. The van der Waals surface area contributed by atoms with Crippen LogP contribution in [0.25, 0.3) is 0 Å². The molecule has 0 aliphatic carbocycles. The molecule has 2 aliphatic heterocycles. The van der Waals surface area contributed by atoms with Crippen molar-refractivity contribution in [2.24, 2.45) is 5.92 Å². The van der Waals surface area contributed by atoms with Crippen molar-refractivity contribution in [3.8, 4) is 0 Å². The quantitative estimate of drug-likeness (QED) is 0.891. The fourth-order valence-electron chi connectivity index (χ4n) is 3.80. The van der Waals surface area contributed by atoms with Crippen LogP contribution < -0.4 is 10.2 Å². The Balaban J connectivity index is 1.52. The highest BCUT2D eigenvalue weighted by Gasteiger charge is 2.25. The number of fused-ring (bicyclic) bond motifs is 1.